The Morgan fingerprint density at radius 1 is 1.14 bits per heavy atom. The number of pyridine rings is 1. The highest BCUT2D eigenvalue weighted by Crippen LogP contribution is 2.82. The predicted molar refractivity (Wildman–Crippen MR) is 274 cm³/mol. The zero-order valence-electron chi connectivity index (χ0n) is 40.9. The number of carbonyl (C=O) groups is 3. The molecule has 9 aliphatic rings. The van der Waals surface area contributed by atoms with Crippen LogP contribution in [0.2, 0.25) is 5.54 Å². The molecule has 1 spiro atoms. The number of aryl methyl sites for hydroxylation is 1. The lowest BCUT2D eigenvalue weighted by atomic mass is 9.84. The smallest absolute Gasteiger partial charge is 0.311 e. The first-order valence-electron chi connectivity index (χ1n) is 25.4. The number of ether oxygens (including phenoxy) is 3. The van der Waals surface area contributed by atoms with E-state index in [2.05, 4.69) is 94.3 Å². The number of thiazole rings is 1. The molecule has 1 N–H and O–H groups in total. The van der Waals surface area contributed by atoms with Gasteiger partial charge >= 0.3 is 5.97 Å². The van der Waals surface area contributed by atoms with Gasteiger partial charge in [-0.3, -0.25) is 24.4 Å². The Hall–Kier alpha value is -3.28. The number of cyclic esters (lactones) is 1. The van der Waals surface area contributed by atoms with Crippen molar-refractivity contribution in [3.8, 4) is 22.5 Å². The van der Waals surface area contributed by atoms with Gasteiger partial charge in [0.05, 0.1) is 103 Å². The van der Waals surface area contributed by atoms with Gasteiger partial charge < -0.3 is 29.0 Å². The molecule has 10 heterocycles. The summed E-state index contributed by atoms with van der Waals surface area (Å²) < 4.78 is 24.3. The number of hydrogen-bond acceptors (Lipinski definition) is 13. The normalized spacial score (nSPS) is 36.7. The van der Waals surface area contributed by atoms with Crippen LogP contribution in [0.3, 0.4) is 0 Å². The molecule has 2 saturated carbocycles. The lowest BCUT2D eigenvalue weighted by Gasteiger charge is -2.32. The van der Waals surface area contributed by atoms with Crippen LogP contribution in [0.25, 0.3) is 33.4 Å². The summed E-state index contributed by atoms with van der Waals surface area (Å²) in [6.45, 7) is 17.9. The number of benzene rings is 1. The fraction of sp³-hybridized carbons (Fsp3) is 0.627. The maximum absolute atomic E-state index is 15.2. The Bertz CT molecular complexity index is 2860. The molecule has 7 unspecified atom stereocenters. The maximum atomic E-state index is 15.2. The van der Waals surface area contributed by atoms with Gasteiger partial charge in [0.1, 0.15) is 30.4 Å². The number of hydrazine groups is 1. The molecule has 14 nitrogen and oxygen atoms in total. The number of esters is 1. The largest absolute Gasteiger partial charge is 0.465 e. The number of hydrogen-bond donors (Lipinski definition) is 1. The monoisotopic (exact) mass is 1030 g/mol. The topological polar surface area (TPSA) is 131 Å². The second-order valence-corrected chi connectivity index (χ2v) is 28.6. The van der Waals surface area contributed by atoms with Crippen LogP contribution >= 0.6 is 35.2 Å². The third kappa shape index (κ3) is 7.30. The SMILES string of the molecule is CCn1c(-c2cc(N3CC[C@H]4COCC[N+]5(CC3)SC45)cnc2[C@@](C)([Si])OC)c2c3cc(ccc31)-c1csc(n1)CC1(C(=O)N3CCC[C@@H](C(=O)OCC(C)(C)C2)C2SN23)C2[Si]C21NC(=O)[C@H]1C[C@@H]1C. The van der Waals surface area contributed by atoms with Crippen molar-refractivity contribution >= 4 is 89.4 Å². The molecule has 5 radical (unpaired) electrons. The van der Waals surface area contributed by atoms with E-state index < -0.39 is 21.2 Å². The molecular formula is C51H62N8O6S3Si2+. The average molecular weight is 1040 g/mol. The van der Waals surface area contributed by atoms with Crippen LogP contribution in [0.4, 0.5) is 5.69 Å². The van der Waals surface area contributed by atoms with E-state index in [4.69, 9.17) is 24.2 Å². The van der Waals surface area contributed by atoms with Crippen molar-refractivity contribution in [1.82, 2.24) is 29.3 Å². The van der Waals surface area contributed by atoms with Crippen molar-refractivity contribution < 1.29 is 32.5 Å². The molecule has 4 aromatic rings. The molecule has 70 heavy (non-hydrogen) atoms. The molecule has 2 aliphatic carbocycles. The Kier molecular flexibility index (Phi) is 10.9. The molecular weight excluding hydrogens is 973 g/mol. The summed E-state index contributed by atoms with van der Waals surface area (Å²) in [5, 5.41) is 8.59. The summed E-state index contributed by atoms with van der Waals surface area (Å²) in [5.41, 5.74) is 7.01. The number of carbonyl (C=O) groups excluding carboxylic acids is 3. The van der Waals surface area contributed by atoms with Crippen LogP contribution in [-0.4, -0.2) is 141 Å². The Labute approximate surface area is 428 Å². The molecule has 2 amide bonds. The van der Waals surface area contributed by atoms with Crippen molar-refractivity contribution in [2.75, 3.05) is 64.6 Å². The van der Waals surface area contributed by atoms with E-state index in [1.165, 1.54) is 0 Å². The van der Waals surface area contributed by atoms with Gasteiger partial charge in [-0.25, -0.2) is 8.87 Å². The highest BCUT2D eigenvalue weighted by atomic mass is 32.2. The van der Waals surface area contributed by atoms with Crippen LogP contribution in [0.5, 0.6) is 0 Å². The lowest BCUT2D eigenvalue weighted by Crippen LogP contribution is -2.53. The van der Waals surface area contributed by atoms with E-state index in [1.54, 1.807) is 30.4 Å². The third-order valence-electron chi connectivity index (χ3n) is 17.4. The van der Waals surface area contributed by atoms with Gasteiger partial charge in [-0.05, 0) is 93.1 Å². The second kappa shape index (κ2) is 16.4. The number of quaternary nitrogens is 1. The summed E-state index contributed by atoms with van der Waals surface area (Å²) in [4.78, 5) is 56.3. The van der Waals surface area contributed by atoms with Crippen molar-refractivity contribution in [3.63, 3.8) is 0 Å². The molecule has 7 aliphatic heterocycles. The Morgan fingerprint density at radius 3 is 2.77 bits per heavy atom. The molecule has 19 heteroatoms. The quantitative estimate of drug-likeness (QED) is 0.0706. The first-order chi connectivity index (χ1) is 33.6. The zero-order chi connectivity index (χ0) is 48.3. The molecule has 367 valence electrons. The van der Waals surface area contributed by atoms with Crippen molar-refractivity contribution in [3.05, 3.63) is 52.1 Å². The van der Waals surface area contributed by atoms with Gasteiger partial charge in [-0.15, -0.1) is 15.8 Å². The number of rotatable bonds is 7. The van der Waals surface area contributed by atoms with Gasteiger partial charge in [0.25, 0.3) is 0 Å². The Balaban J connectivity index is 0.928. The van der Waals surface area contributed by atoms with Crippen molar-refractivity contribution in [2.45, 2.75) is 106 Å². The van der Waals surface area contributed by atoms with Crippen LogP contribution < -0.4 is 10.2 Å². The van der Waals surface area contributed by atoms with Gasteiger partial charge in [0.2, 0.25) is 17.2 Å². The number of fused-ring (bicyclic) bond motifs is 7. The summed E-state index contributed by atoms with van der Waals surface area (Å²) in [5.74, 6) is 0.511. The fourth-order valence-corrected chi connectivity index (χ4v) is 18.5. The lowest BCUT2D eigenvalue weighted by molar-refractivity contribution is -0.748. The summed E-state index contributed by atoms with van der Waals surface area (Å²) in [6.07, 6.45) is 6.45. The number of amides is 2. The second-order valence-electron chi connectivity index (χ2n) is 22.5. The van der Waals surface area contributed by atoms with Crippen molar-refractivity contribution in [2.24, 2.45) is 34.5 Å². The van der Waals surface area contributed by atoms with E-state index in [9.17, 15) is 9.59 Å². The minimum Gasteiger partial charge on any atom is -0.465 e. The van der Waals surface area contributed by atoms with E-state index in [1.807, 2.05) is 22.5 Å². The van der Waals surface area contributed by atoms with Gasteiger partial charge in [0, 0.05) is 77.1 Å². The van der Waals surface area contributed by atoms with E-state index >= 15 is 4.79 Å². The summed E-state index contributed by atoms with van der Waals surface area (Å²) >= 11 is 5.30. The van der Waals surface area contributed by atoms with Gasteiger partial charge in [-0.1, -0.05) is 26.8 Å². The Morgan fingerprint density at radius 2 is 1.99 bits per heavy atom. The molecule has 13 rings (SSSR count). The molecule has 8 fully saturated rings. The molecule has 3 aromatic heterocycles. The molecule has 12 atom stereocenters. The van der Waals surface area contributed by atoms with Crippen LogP contribution in [0.15, 0.2) is 35.8 Å². The fourth-order valence-electron chi connectivity index (χ4n) is 12.8. The van der Waals surface area contributed by atoms with E-state index in [-0.39, 0.29) is 47.1 Å². The minimum atomic E-state index is -0.893. The van der Waals surface area contributed by atoms with E-state index in [0.29, 0.717) is 65.5 Å². The van der Waals surface area contributed by atoms with Gasteiger partial charge in [0.15, 0.2) is 0 Å². The summed E-state index contributed by atoms with van der Waals surface area (Å²) in [6, 6.07) is 9.06. The number of anilines is 1. The van der Waals surface area contributed by atoms with E-state index in [0.717, 1.165) is 111 Å². The molecule has 8 bridgehead atoms. The maximum Gasteiger partial charge on any atom is 0.311 e. The molecule has 1 aromatic carbocycles. The number of aromatic nitrogens is 3. The number of nitrogens with one attached hydrogen (secondary N) is 1. The minimum absolute atomic E-state index is 0.0246. The van der Waals surface area contributed by atoms with Gasteiger partial charge in [-0.2, -0.15) is 0 Å². The highest BCUT2D eigenvalue weighted by Gasteiger charge is 2.94. The molecule has 6 saturated heterocycles. The standard InChI is InChI=1S/C51H61N8O6S3Si2/c1-7-56-38-11-10-29-20-34(38)36(40(56)35-21-31(24-52-41(35)49(5,69)63-6)55-14-12-30-25-64-18-17-59(16-15-55)44(30)68-59)22-48(3,4)27-65-45(61)32-9-8-13-57(58-43(32)67-58)47(62)50(23-39-53-37(29)26-66-39)46-51(50,70-46)54-42(60)33-19-28(33)2/h10-11,20-21,24,26,28,30,32-33,43-44,46H,7-9,12-19,22-23,25,27H2,1-6H3/p+1/t28-,30-,32+,33-,43?,44?,46?,49+,50?,51?,58?,59?/m0/s1. The predicted octanol–water partition coefficient (Wildman–Crippen LogP) is 6.58. The summed E-state index contributed by atoms with van der Waals surface area (Å²) in [7, 11) is 6.27. The first kappa shape index (κ1) is 46.5. The number of nitrogens with zero attached hydrogens (tertiary/aromatic N) is 7. The van der Waals surface area contributed by atoms with Crippen LogP contribution in [0, 0.1) is 34.5 Å². The highest BCUT2D eigenvalue weighted by molar-refractivity contribution is 8.03. The van der Waals surface area contributed by atoms with Crippen molar-refractivity contribution in [1.29, 1.82) is 0 Å². The third-order valence-corrected chi connectivity index (χ3v) is 23.8. The average Bonchev–Trinajstić information content (AvgIpc) is 4.15. The number of methoxy groups -OCH3 is 1. The zero-order valence-corrected chi connectivity index (χ0v) is 45.4. The van der Waals surface area contributed by atoms with Crippen LogP contribution in [0.1, 0.15) is 76.6 Å². The first-order valence-corrected chi connectivity index (χ1v) is 29.6. The van der Waals surface area contributed by atoms with Crippen LogP contribution in [-0.2, 0) is 53.2 Å².